The highest BCUT2D eigenvalue weighted by atomic mass is 19.1. The molecule has 0 bridgehead atoms. The fourth-order valence-corrected chi connectivity index (χ4v) is 4.39. The third kappa shape index (κ3) is 3.76. The summed E-state index contributed by atoms with van der Waals surface area (Å²) in [6.45, 7) is 2.02. The number of anilines is 3. The molecule has 7 nitrogen and oxygen atoms in total. The summed E-state index contributed by atoms with van der Waals surface area (Å²) >= 11 is 0. The molecule has 152 valence electrons. The zero-order valence-corrected chi connectivity index (χ0v) is 16.4. The van der Waals surface area contributed by atoms with E-state index in [1.165, 1.54) is 18.9 Å². The number of piperidine rings is 1. The molecule has 0 spiro atoms. The number of hydrogen-bond acceptors (Lipinski definition) is 6. The van der Waals surface area contributed by atoms with Crippen molar-refractivity contribution in [2.45, 2.75) is 50.6 Å². The predicted octanol–water partition coefficient (Wildman–Crippen LogP) is 3.99. The number of halogens is 1. The third-order valence-electron chi connectivity index (χ3n) is 5.92. The summed E-state index contributed by atoms with van der Waals surface area (Å²) in [4.78, 5) is 14.0. The number of nitrogens with one attached hydrogen (secondary N) is 3. The fraction of sp³-hybridized carbons (Fsp3) is 0.476. The van der Waals surface area contributed by atoms with Crippen molar-refractivity contribution in [1.82, 2.24) is 24.8 Å². The molecule has 1 aliphatic heterocycles. The summed E-state index contributed by atoms with van der Waals surface area (Å²) in [7, 11) is 0. The standard InChI is InChI=1S/C21H26FN7/c22-16-7-3-4-8-17(16)26-21-27-18-13-24-20(25-14-9-11-23-12-10-14)28-19(18)29(21)15-5-1-2-6-15/h3-4,7-8,13-15,23H,1-2,5-6,9-12H2,(H,26,27)(H,24,25,28). The topological polar surface area (TPSA) is 79.7 Å². The Balaban J connectivity index is 1.52. The number of nitrogens with zero attached hydrogens (tertiary/aromatic N) is 4. The number of fused-ring (bicyclic) bond motifs is 1. The van der Waals surface area contributed by atoms with Gasteiger partial charge in [-0.2, -0.15) is 4.98 Å². The van der Waals surface area contributed by atoms with E-state index in [1.54, 1.807) is 18.3 Å². The molecule has 2 aliphatic rings. The number of rotatable bonds is 5. The fourth-order valence-electron chi connectivity index (χ4n) is 4.39. The summed E-state index contributed by atoms with van der Waals surface area (Å²) in [5.74, 6) is 0.975. The van der Waals surface area contributed by atoms with E-state index in [9.17, 15) is 4.39 Å². The molecule has 2 fully saturated rings. The summed E-state index contributed by atoms with van der Waals surface area (Å²) < 4.78 is 16.4. The first-order chi connectivity index (χ1) is 14.3. The normalized spacial score (nSPS) is 18.4. The molecule has 2 aromatic heterocycles. The minimum Gasteiger partial charge on any atom is -0.351 e. The van der Waals surface area contributed by atoms with Gasteiger partial charge in [0.15, 0.2) is 5.65 Å². The Morgan fingerprint density at radius 1 is 1.03 bits per heavy atom. The van der Waals surface area contributed by atoms with Crippen molar-refractivity contribution >= 4 is 28.7 Å². The average Bonchev–Trinajstić information content (AvgIpc) is 3.37. The second-order valence-electron chi connectivity index (χ2n) is 7.92. The van der Waals surface area contributed by atoms with Crippen molar-refractivity contribution < 1.29 is 4.39 Å². The Labute approximate surface area is 169 Å². The van der Waals surface area contributed by atoms with Gasteiger partial charge in [-0.05, 0) is 50.9 Å². The second kappa shape index (κ2) is 7.94. The van der Waals surface area contributed by atoms with Gasteiger partial charge in [-0.25, -0.2) is 14.4 Å². The smallest absolute Gasteiger partial charge is 0.224 e. The van der Waals surface area contributed by atoms with Gasteiger partial charge < -0.3 is 16.0 Å². The first kappa shape index (κ1) is 18.3. The average molecular weight is 395 g/mol. The zero-order valence-electron chi connectivity index (χ0n) is 16.4. The molecule has 0 unspecified atom stereocenters. The van der Waals surface area contributed by atoms with E-state index >= 15 is 0 Å². The highest BCUT2D eigenvalue weighted by molar-refractivity contribution is 5.76. The molecule has 3 aromatic rings. The molecule has 3 heterocycles. The molecule has 0 amide bonds. The maximum atomic E-state index is 14.2. The van der Waals surface area contributed by atoms with E-state index in [0.29, 0.717) is 29.7 Å². The summed E-state index contributed by atoms with van der Waals surface area (Å²) in [6.07, 6.45) is 8.43. The Bertz CT molecular complexity index is 990. The number of hydrogen-bond donors (Lipinski definition) is 3. The van der Waals surface area contributed by atoms with Crippen LogP contribution in [0.15, 0.2) is 30.5 Å². The summed E-state index contributed by atoms with van der Waals surface area (Å²) in [5, 5.41) is 10.0. The van der Waals surface area contributed by atoms with Crippen LogP contribution in [0, 0.1) is 5.82 Å². The number of benzene rings is 1. The third-order valence-corrected chi connectivity index (χ3v) is 5.92. The van der Waals surface area contributed by atoms with Gasteiger partial charge in [0, 0.05) is 12.1 Å². The number of aromatic nitrogens is 4. The predicted molar refractivity (Wildman–Crippen MR) is 112 cm³/mol. The summed E-state index contributed by atoms with van der Waals surface area (Å²) in [5.41, 5.74) is 1.96. The highest BCUT2D eigenvalue weighted by Crippen LogP contribution is 2.36. The lowest BCUT2D eigenvalue weighted by atomic mass is 10.1. The minimum atomic E-state index is -0.295. The van der Waals surface area contributed by atoms with Crippen molar-refractivity contribution in [1.29, 1.82) is 0 Å². The van der Waals surface area contributed by atoms with Crippen LogP contribution in [0.4, 0.5) is 22.0 Å². The monoisotopic (exact) mass is 395 g/mol. The van der Waals surface area contributed by atoms with Gasteiger partial charge in [0.25, 0.3) is 0 Å². The molecule has 8 heteroatoms. The van der Waals surface area contributed by atoms with Crippen molar-refractivity contribution in [3.63, 3.8) is 0 Å². The van der Waals surface area contributed by atoms with Crippen LogP contribution in [0.5, 0.6) is 0 Å². The first-order valence-corrected chi connectivity index (χ1v) is 10.5. The maximum Gasteiger partial charge on any atom is 0.224 e. The Morgan fingerprint density at radius 2 is 1.83 bits per heavy atom. The van der Waals surface area contributed by atoms with Crippen LogP contribution in [0.25, 0.3) is 11.2 Å². The molecule has 1 aromatic carbocycles. The molecule has 3 N–H and O–H groups in total. The maximum absolute atomic E-state index is 14.2. The van der Waals surface area contributed by atoms with Gasteiger partial charge in [-0.3, -0.25) is 4.57 Å². The molecule has 1 saturated carbocycles. The van der Waals surface area contributed by atoms with E-state index in [4.69, 9.17) is 9.97 Å². The lowest BCUT2D eigenvalue weighted by molar-refractivity contribution is 0.477. The van der Waals surface area contributed by atoms with E-state index < -0.39 is 0 Å². The van der Waals surface area contributed by atoms with Crippen LogP contribution in [-0.4, -0.2) is 38.7 Å². The van der Waals surface area contributed by atoms with Gasteiger partial charge in [-0.15, -0.1) is 0 Å². The van der Waals surface area contributed by atoms with Crippen LogP contribution >= 0.6 is 0 Å². The molecule has 0 radical (unpaired) electrons. The lowest BCUT2D eigenvalue weighted by Gasteiger charge is -2.23. The van der Waals surface area contributed by atoms with E-state index in [1.807, 2.05) is 6.07 Å². The highest BCUT2D eigenvalue weighted by Gasteiger charge is 2.25. The number of para-hydroxylation sites is 1. The molecule has 5 rings (SSSR count). The van der Waals surface area contributed by atoms with Crippen LogP contribution in [0.3, 0.4) is 0 Å². The molecule has 1 saturated heterocycles. The summed E-state index contributed by atoms with van der Waals surface area (Å²) in [6, 6.07) is 7.37. The molecular formula is C21H26FN7. The Morgan fingerprint density at radius 3 is 2.62 bits per heavy atom. The molecule has 0 atom stereocenters. The Hall–Kier alpha value is -2.74. The van der Waals surface area contributed by atoms with E-state index in [0.717, 1.165) is 49.9 Å². The van der Waals surface area contributed by atoms with Crippen LogP contribution in [-0.2, 0) is 0 Å². The van der Waals surface area contributed by atoms with Gasteiger partial charge in [-0.1, -0.05) is 25.0 Å². The van der Waals surface area contributed by atoms with Crippen LogP contribution < -0.4 is 16.0 Å². The van der Waals surface area contributed by atoms with E-state index in [-0.39, 0.29) is 5.82 Å². The van der Waals surface area contributed by atoms with Crippen molar-refractivity contribution in [2.24, 2.45) is 0 Å². The van der Waals surface area contributed by atoms with Gasteiger partial charge >= 0.3 is 0 Å². The zero-order chi connectivity index (χ0) is 19.6. The first-order valence-electron chi connectivity index (χ1n) is 10.5. The van der Waals surface area contributed by atoms with Gasteiger partial charge in [0.2, 0.25) is 11.9 Å². The largest absolute Gasteiger partial charge is 0.351 e. The Kier molecular flexibility index (Phi) is 5.01. The van der Waals surface area contributed by atoms with Crippen LogP contribution in [0.1, 0.15) is 44.6 Å². The van der Waals surface area contributed by atoms with Crippen molar-refractivity contribution in [3.8, 4) is 0 Å². The SMILES string of the molecule is Fc1ccccc1Nc1nc2cnc(NC3CCNCC3)nc2n1C1CCCC1. The van der Waals surface area contributed by atoms with E-state index in [2.05, 4.69) is 25.5 Å². The quantitative estimate of drug-likeness (QED) is 0.606. The number of imidazole rings is 1. The van der Waals surface area contributed by atoms with Gasteiger partial charge in [0.05, 0.1) is 11.9 Å². The van der Waals surface area contributed by atoms with Crippen molar-refractivity contribution in [2.75, 3.05) is 23.7 Å². The minimum absolute atomic E-state index is 0.295. The molecular weight excluding hydrogens is 369 g/mol. The van der Waals surface area contributed by atoms with Crippen molar-refractivity contribution in [3.05, 3.63) is 36.3 Å². The second-order valence-corrected chi connectivity index (χ2v) is 7.92. The van der Waals surface area contributed by atoms with Crippen LogP contribution in [0.2, 0.25) is 0 Å². The molecule has 29 heavy (non-hydrogen) atoms. The van der Waals surface area contributed by atoms with Gasteiger partial charge in [0.1, 0.15) is 11.3 Å². The molecule has 1 aliphatic carbocycles. The lowest BCUT2D eigenvalue weighted by Crippen LogP contribution is -2.35.